The highest BCUT2D eigenvalue weighted by molar-refractivity contribution is 7.90. The second kappa shape index (κ2) is 6.09. The van der Waals surface area contributed by atoms with Crippen LogP contribution in [0.3, 0.4) is 0 Å². The quantitative estimate of drug-likeness (QED) is 0.722. The van der Waals surface area contributed by atoms with Crippen molar-refractivity contribution in [2.45, 2.75) is 5.03 Å². The molecule has 0 saturated carbocycles. The average Bonchev–Trinajstić information content (AvgIpc) is 2.55. The largest absolute Gasteiger partial charge is 0.493 e. The van der Waals surface area contributed by atoms with E-state index in [0.29, 0.717) is 16.7 Å². The molecule has 1 heterocycles. The van der Waals surface area contributed by atoms with E-state index < -0.39 is 15.7 Å². The van der Waals surface area contributed by atoms with Gasteiger partial charge in [-0.15, -0.1) is 0 Å². The molecule has 0 bridgehead atoms. The normalized spacial score (nSPS) is 11.5. The Bertz CT molecular complexity index is 1020. The molecule has 3 rings (SSSR count). The lowest BCUT2D eigenvalue weighted by molar-refractivity contribution is 0.374. The zero-order valence-corrected chi connectivity index (χ0v) is 13.8. The third kappa shape index (κ3) is 3.03. The van der Waals surface area contributed by atoms with Crippen LogP contribution in [0.15, 0.2) is 53.6 Å². The van der Waals surface area contributed by atoms with Crippen LogP contribution in [-0.2, 0) is 9.84 Å². The summed E-state index contributed by atoms with van der Waals surface area (Å²) < 4.78 is 48.1. The summed E-state index contributed by atoms with van der Waals surface area (Å²) in [5.74, 6) is 0.181. The SMILES string of the molecule is COc1ccc2nc(S(C)(=O)=O)ccc2c1Oc1ccccc1F. The summed E-state index contributed by atoms with van der Waals surface area (Å²) in [5, 5.41) is 0.474. The summed E-state index contributed by atoms with van der Waals surface area (Å²) in [6, 6.07) is 12.1. The summed E-state index contributed by atoms with van der Waals surface area (Å²) in [5.41, 5.74) is 0.407. The topological polar surface area (TPSA) is 65.5 Å². The minimum atomic E-state index is -3.43. The van der Waals surface area contributed by atoms with Crippen LogP contribution < -0.4 is 9.47 Å². The maximum absolute atomic E-state index is 13.9. The number of benzene rings is 2. The molecule has 2 aromatic carbocycles. The lowest BCUT2D eigenvalue weighted by atomic mass is 10.2. The fourth-order valence-corrected chi connectivity index (χ4v) is 2.83. The van der Waals surface area contributed by atoms with E-state index in [4.69, 9.17) is 9.47 Å². The van der Waals surface area contributed by atoms with Crippen LogP contribution in [-0.4, -0.2) is 26.8 Å². The van der Waals surface area contributed by atoms with Crippen LogP contribution in [0.4, 0.5) is 4.39 Å². The molecule has 0 saturated heterocycles. The van der Waals surface area contributed by atoms with E-state index in [1.165, 1.54) is 25.3 Å². The van der Waals surface area contributed by atoms with Crippen molar-refractivity contribution < 1.29 is 22.3 Å². The van der Waals surface area contributed by atoms with Gasteiger partial charge in [-0.05, 0) is 36.4 Å². The molecule has 7 heteroatoms. The Hall–Kier alpha value is -2.67. The number of sulfone groups is 1. The molecule has 0 radical (unpaired) electrons. The highest BCUT2D eigenvalue weighted by Gasteiger charge is 2.16. The summed E-state index contributed by atoms with van der Waals surface area (Å²) in [6.45, 7) is 0. The molecule has 0 N–H and O–H groups in total. The second-order valence-electron chi connectivity index (χ2n) is 5.12. The Kier molecular flexibility index (Phi) is 4.11. The molecular formula is C17H14FNO4S. The van der Waals surface area contributed by atoms with Gasteiger partial charge < -0.3 is 9.47 Å². The van der Waals surface area contributed by atoms with Crippen molar-refractivity contribution in [2.75, 3.05) is 13.4 Å². The molecule has 0 aliphatic rings. The summed E-state index contributed by atoms with van der Waals surface area (Å²) in [7, 11) is -1.97. The molecule has 0 unspecified atom stereocenters. The monoisotopic (exact) mass is 347 g/mol. The smallest absolute Gasteiger partial charge is 0.192 e. The van der Waals surface area contributed by atoms with Crippen LogP contribution in [0, 0.1) is 5.82 Å². The second-order valence-corrected chi connectivity index (χ2v) is 7.08. The van der Waals surface area contributed by atoms with Crippen molar-refractivity contribution in [2.24, 2.45) is 0 Å². The van der Waals surface area contributed by atoms with Crippen molar-refractivity contribution >= 4 is 20.7 Å². The maximum Gasteiger partial charge on any atom is 0.192 e. The van der Waals surface area contributed by atoms with Crippen molar-refractivity contribution in [1.82, 2.24) is 4.98 Å². The van der Waals surface area contributed by atoms with Crippen LogP contribution in [0.1, 0.15) is 0 Å². The Balaban J connectivity index is 2.19. The van der Waals surface area contributed by atoms with Gasteiger partial charge in [-0.25, -0.2) is 17.8 Å². The van der Waals surface area contributed by atoms with Gasteiger partial charge in [0.1, 0.15) is 0 Å². The van der Waals surface area contributed by atoms with Gasteiger partial charge in [-0.3, -0.25) is 0 Å². The number of rotatable bonds is 4. The molecule has 0 amide bonds. The molecular weight excluding hydrogens is 333 g/mol. The van der Waals surface area contributed by atoms with Crippen molar-refractivity contribution in [3.05, 3.63) is 54.3 Å². The number of pyridine rings is 1. The lowest BCUT2D eigenvalue weighted by Crippen LogP contribution is -2.01. The number of hydrogen-bond acceptors (Lipinski definition) is 5. The minimum Gasteiger partial charge on any atom is -0.493 e. The van der Waals surface area contributed by atoms with E-state index in [0.717, 1.165) is 6.26 Å². The van der Waals surface area contributed by atoms with Crippen LogP contribution in [0.5, 0.6) is 17.2 Å². The number of methoxy groups -OCH3 is 1. The van der Waals surface area contributed by atoms with E-state index in [-0.39, 0.29) is 16.5 Å². The fraction of sp³-hybridized carbons (Fsp3) is 0.118. The highest BCUT2D eigenvalue weighted by atomic mass is 32.2. The minimum absolute atomic E-state index is 0.0375. The number of hydrogen-bond donors (Lipinski definition) is 0. The van der Waals surface area contributed by atoms with E-state index in [2.05, 4.69) is 4.98 Å². The summed E-state index contributed by atoms with van der Waals surface area (Å²) >= 11 is 0. The molecule has 0 spiro atoms. The molecule has 0 fully saturated rings. The van der Waals surface area contributed by atoms with Gasteiger partial charge in [-0.1, -0.05) is 12.1 Å². The van der Waals surface area contributed by atoms with Crippen LogP contribution in [0.2, 0.25) is 0 Å². The Morgan fingerprint density at radius 3 is 2.42 bits per heavy atom. The van der Waals surface area contributed by atoms with Gasteiger partial charge in [0.15, 0.2) is 37.9 Å². The molecule has 0 aliphatic heterocycles. The van der Waals surface area contributed by atoms with Gasteiger partial charge in [0, 0.05) is 11.6 Å². The van der Waals surface area contributed by atoms with Gasteiger partial charge in [0.2, 0.25) is 0 Å². The van der Waals surface area contributed by atoms with Crippen molar-refractivity contribution in [3.8, 4) is 17.2 Å². The zero-order valence-electron chi connectivity index (χ0n) is 13.0. The number of fused-ring (bicyclic) bond motifs is 1. The van der Waals surface area contributed by atoms with Crippen LogP contribution in [0.25, 0.3) is 10.9 Å². The number of ether oxygens (including phenoxy) is 2. The summed E-state index contributed by atoms with van der Waals surface area (Å²) in [6.07, 6.45) is 1.08. The highest BCUT2D eigenvalue weighted by Crippen LogP contribution is 2.39. The number of halogens is 1. The average molecular weight is 347 g/mol. The van der Waals surface area contributed by atoms with E-state index in [1.54, 1.807) is 30.3 Å². The number of aromatic nitrogens is 1. The van der Waals surface area contributed by atoms with Gasteiger partial charge in [-0.2, -0.15) is 0 Å². The molecule has 5 nitrogen and oxygen atoms in total. The Morgan fingerprint density at radius 1 is 1.00 bits per heavy atom. The zero-order chi connectivity index (χ0) is 17.3. The fourth-order valence-electron chi connectivity index (χ4n) is 2.25. The third-order valence-electron chi connectivity index (χ3n) is 3.41. The van der Waals surface area contributed by atoms with E-state index >= 15 is 0 Å². The Labute approximate surface area is 138 Å². The predicted octanol–water partition coefficient (Wildman–Crippen LogP) is 3.58. The number of para-hydroxylation sites is 1. The van der Waals surface area contributed by atoms with E-state index in [9.17, 15) is 12.8 Å². The first-order chi connectivity index (χ1) is 11.4. The Morgan fingerprint density at radius 2 is 1.75 bits per heavy atom. The molecule has 124 valence electrons. The first kappa shape index (κ1) is 16.2. The molecule has 24 heavy (non-hydrogen) atoms. The third-order valence-corrected chi connectivity index (χ3v) is 4.40. The van der Waals surface area contributed by atoms with Gasteiger partial charge in [0.05, 0.1) is 12.6 Å². The first-order valence-corrected chi connectivity index (χ1v) is 8.89. The van der Waals surface area contributed by atoms with Gasteiger partial charge in [0.25, 0.3) is 0 Å². The molecule has 3 aromatic rings. The molecule has 1 aromatic heterocycles. The van der Waals surface area contributed by atoms with E-state index in [1.807, 2.05) is 0 Å². The number of nitrogens with zero attached hydrogens (tertiary/aromatic N) is 1. The standard InChI is InChI=1S/C17H14FNO4S/c1-22-15-9-8-13-11(7-10-16(19-13)24(2,20)21)17(15)23-14-6-4-3-5-12(14)18/h3-10H,1-2H3. The molecule has 0 aliphatic carbocycles. The maximum atomic E-state index is 13.9. The van der Waals surface area contributed by atoms with Crippen molar-refractivity contribution in [1.29, 1.82) is 0 Å². The molecule has 0 atom stereocenters. The van der Waals surface area contributed by atoms with Crippen molar-refractivity contribution in [3.63, 3.8) is 0 Å². The van der Waals surface area contributed by atoms with Crippen LogP contribution >= 0.6 is 0 Å². The predicted molar refractivity (Wildman–Crippen MR) is 87.9 cm³/mol. The summed E-state index contributed by atoms with van der Waals surface area (Å²) in [4.78, 5) is 4.13. The first-order valence-electron chi connectivity index (χ1n) is 7.00. The lowest BCUT2D eigenvalue weighted by Gasteiger charge is -2.13. The van der Waals surface area contributed by atoms with Gasteiger partial charge >= 0.3 is 0 Å².